The van der Waals surface area contributed by atoms with Gasteiger partial charge in [-0.1, -0.05) is 53.5 Å². The van der Waals surface area contributed by atoms with Crippen molar-refractivity contribution in [3.63, 3.8) is 0 Å². The molecule has 2 aromatic carbocycles. The average molecular weight is 360 g/mol. The maximum Gasteiger partial charge on any atom is 0.292 e. The number of Topliss-reactive ketones (excluding diaryl/α,β-unsaturated/α-hetero) is 1. The van der Waals surface area contributed by atoms with E-state index in [1.54, 1.807) is 6.07 Å². The number of para-hydroxylation sites is 3. The molecule has 1 aromatic heterocycles. The third-order valence-electron chi connectivity index (χ3n) is 3.36. The van der Waals surface area contributed by atoms with Crippen LogP contribution in [0.15, 0.2) is 48.5 Å². The molecule has 1 amide bonds. The molecule has 5 nitrogen and oxygen atoms in total. The van der Waals surface area contributed by atoms with Crippen LogP contribution in [0.5, 0.6) is 0 Å². The molecule has 1 aliphatic heterocycles. The van der Waals surface area contributed by atoms with Crippen molar-refractivity contribution in [3.05, 3.63) is 64.4 Å². The van der Waals surface area contributed by atoms with E-state index in [9.17, 15) is 9.59 Å². The number of hydrogen-bond donors (Lipinski definition) is 1. The van der Waals surface area contributed by atoms with Crippen LogP contribution in [0.1, 0.15) is 5.56 Å². The maximum atomic E-state index is 10.9. The van der Waals surface area contributed by atoms with E-state index in [4.69, 9.17) is 23.2 Å². The molecular weight excluding hydrogens is 349 g/mol. The fraction of sp³-hybridized carbons (Fsp3) is 0.0588. The Morgan fingerprint density at radius 1 is 0.833 bits per heavy atom. The number of fused-ring (bicyclic) bond motifs is 2. The molecule has 4 rings (SSSR count). The topological polar surface area (TPSA) is 72.0 Å². The summed E-state index contributed by atoms with van der Waals surface area (Å²) >= 11 is 11.4. The van der Waals surface area contributed by atoms with E-state index < -0.39 is 5.91 Å². The predicted molar refractivity (Wildman–Crippen MR) is 93.3 cm³/mol. The Morgan fingerprint density at radius 2 is 1.38 bits per heavy atom. The van der Waals surface area contributed by atoms with Gasteiger partial charge in [0.05, 0.1) is 11.0 Å². The zero-order valence-electron chi connectivity index (χ0n) is 12.3. The highest BCUT2D eigenvalue weighted by Crippen LogP contribution is 2.20. The highest BCUT2D eigenvalue weighted by molar-refractivity contribution is 6.42. The van der Waals surface area contributed by atoms with Crippen molar-refractivity contribution in [2.24, 2.45) is 0 Å². The van der Waals surface area contributed by atoms with Crippen LogP contribution in [0.25, 0.3) is 11.0 Å². The highest BCUT2D eigenvalue weighted by atomic mass is 35.5. The van der Waals surface area contributed by atoms with Gasteiger partial charge in [-0.05, 0) is 23.8 Å². The lowest BCUT2D eigenvalue weighted by molar-refractivity contribution is -0.134. The number of ketones is 1. The van der Waals surface area contributed by atoms with Gasteiger partial charge >= 0.3 is 0 Å². The molecule has 0 unspecified atom stereocenters. The van der Waals surface area contributed by atoms with E-state index in [0.717, 1.165) is 22.3 Å². The summed E-state index contributed by atoms with van der Waals surface area (Å²) in [6, 6.07) is 14.7. The van der Waals surface area contributed by atoms with E-state index in [-0.39, 0.29) is 22.5 Å². The van der Waals surface area contributed by atoms with Crippen LogP contribution in [0.4, 0.5) is 5.69 Å². The molecule has 2 heterocycles. The number of anilines is 1. The molecule has 0 fully saturated rings. The fourth-order valence-corrected chi connectivity index (χ4v) is 2.47. The number of nitrogens with one attached hydrogen (secondary N) is 1. The Bertz CT molecular complexity index is 869. The second kappa shape index (κ2) is 6.95. The molecule has 0 saturated carbocycles. The normalized spacial score (nSPS) is 12.9. The second-order valence-corrected chi connectivity index (χ2v) is 5.72. The van der Waals surface area contributed by atoms with E-state index >= 15 is 0 Å². The lowest BCUT2D eigenvalue weighted by Gasteiger charge is -2.14. The van der Waals surface area contributed by atoms with Gasteiger partial charge in [-0.25, -0.2) is 9.97 Å². The van der Waals surface area contributed by atoms with E-state index in [1.807, 2.05) is 42.5 Å². The van der Waals surface area contributed by atoms with Gasteiger partial charge in [0, 0.05) is 12.1 Å². The molecule has 0 aliphatic carbocycles. The number of carbonyl (C=O) groups is 2. The number of benzene rings is 2. The number of amides is 1. The summed E-state index contributed by atoms with van der Waals surface area (Å²) < 4.78 is 0. The first kappa shape index (κ1) is 16.4. The Labute approximate surface area is 147 Å². The number of hydrogen-bond acceptors (Lipinski definition) is 4. The molecule has 0 radical (unpaired) electrons. The number of rotatable bonds is 0. The SMILES string of the molecule is Clc1nc2ccccc2nc1Cl.O=C1Cc2ccccc2NC1=O. The van der Waals surface area contributed by atoms with E-state index in [1.165, 1.54) is 0 Å². The van der Waals surface area contributed by atoms with Crippen LogP contribution in [0.2, 0.25) is 10.3 Å². The standard InChI is InChI=1S/C9H7NO2.C8H4Cl2N2/c11-8-5-6-3-1-2-4-7(6)10-9(8)12;9-7-8(10)12-6-4-2-1-3-5(6)11-7/h1-4H,5H2,(H,10,12);1-4H. The van der Waals surface area contributed by atoms with Crippen molar-refractivity contribution in [2.75, 3.05) is 5.32 Å². The summed E-state index contributed by atoms with van der Waals surface area (Å²) in [7, 11) is 0. The van der Waals surface area contributed by atoms with E-state index in [0.29, 0.717) is 0 Å². The summed E-state index contributed by atoms with van der Waals surface area (Å²) in [6.07, 6.45) is 0.224. The minimum atomic E-state index is -0.506. The molecule has 0 saturated heterocycles. The molecule has 7 heteroatoms. The monoisotopic (exact) mass is 359 g/mol. The third-order valence-corrected chi connectivity index (χ3v) is 3.98. The lowest BCUT2D eigenvalue weighted by atomic mass is 10.0. The molecule has 0 spiro atoms. The summed E-state index contributed by atoms with van der Waals surface area (Å²) in [6.45, 7) is 0. The number of nitrogens with zero attached hydrogens (tertiary/aromatic N) is 2. The molecule has 0 atom stereocenters. The van der Waals surface area contributed by atoms with Gasteiger partial charge in [-0.15, -0.1) is 0 Å². The molecule has 24 heavy (non-hydrogen) atoms. The lowest BCUT2D eigenvalue weighted by Crippen LogP contribution is -2.29. The Morgan fingerprint density at radius 3 is 2.00 bits per heavy atom. The first-order chi connectivity index (χ1) is 11.5. The zero-order valence-corrected chi connectivity index (χ0v) is 13.8. The van der Waals surface area contributed by atoms with Gasteiger partial charge in [0.15, 0.2) is 10.3 Å². The van der Waals surface area contributed by atoms with Gasteiger partial charge in [-0.3, -0.25) is 9.59 Å². The largest absolute Gasteiger partial charge is 0.319 e. The molecule has 120 valence electrons. The molecule has 1 N–H and O–H groups in total. The first-order valence-electron chi connectivity index (χ1n) is 7.04. The summed E-state index contributed by atoms with van der Waals surface area (Å²) in [5.41, 5.74) is 3.16. The van der Waals surface area contributed by atoms with Gasteiger partial charge in [-0.2, -0.15) is 0 Å². The minimum absolute atomic E-state index is 0.224. The van der Waals surface area contributed by atoms with Crippen LogP contribution in [-0.2, 0) is 16.0 Å². The van der Waals surface area contributed by atoms with Crippen molar-refractivity contribution in [1.29, 1.82) is 0 Å². The molecular formula is C17H11Cl2N3O2. The highest BCUT2D eigenvalue weighted by Gasteiger charge is 2.21. The van der Waals surface area contributed by atoms with Crippen molar-refractivity contribution < 1.29 is 9.59 Å². The fourth-order valence-electron chi connectivity index (χ4n) is 2.20. The maximum absolute atomic E-state index is 10.9. The second-order valence-electron chi connectivity index (χ2n) is 5.01. The van der Waals surface area contributed by atoms with E-state index in [2.05, 4.69) is 15.3 Å². The Hall–Kier alpha value is -2.50. The number of aromatic nitrogens is 2. The van der Waals surface area contributed by atoms with Gasteiger partial charge < -0.3 is 5.32 Å². The Kier molecular flexibility index (Phi) is 4.74. The first-order valence-corrected chi connectivity index (χ1v) is 7.80. The predicted octanol–water partition coefficient (Wildman–Crippen LogP) is 3.69. The summed E-state index contributed by atoms with van der Waals surface area (Å²) in [4.78, 5) is 29.9. The van der Waals surface area contributed by atoms with Crippen molar-refractivity contribution in [3.8, 4) is 0 Å². The van der Waals surface area contributed by atoms with Crippen LogP contribution in [0.3, 0.4) is 0 Å². The number of carbonyl (C=O) groups excluding carboxylic acids is 2. The van der Waals surface area contributed by atoms with Crippen molar-refractivity contribution in [2.45, 2.75) is 6.42 Å². The van der Waals surface area contributed by atoms with Crippen LogP contribution < -0.4 is 5.32 Å². The van der Waals surface area contributed by atoms with Gasteiger partial charge in [0.2, 0.25) is 5.78 Å². The van der Waals surface area contributed by atoms with Crippen LogP contribution in [-0.4, -0.2) is 21.7 Å². The van der Waals surface area contributed by atoms with Crippen LogP contribution >= 0.6 is 23.2 Å². The van der Waals surface area contributed by atoms with Crippen molar-refractivity contribution >= 4 is 51.6 Å². The van der Waals surface area contributed by atoms with Crippen molar-refractivity contribution in [1.82, 2.24) is 9.97 Å². The van der Waals surface area contributed by atoms with Crippen LogP contribution in [0, 0.1) is 0 Å². The smallest absolute Gasteiger partial charge is 0.292 e. The van der Waals surface area contributed by atoms with Gasteiger partial charge in [0.25, 0.3) is 5.91 Å². The molecule has 1 aliphatic rings. The zero-order chi connectivity index (χ0) is 17.1. The minimum Gasteiger partial charge on any atom is -0.319 e. The molecule has 3 aromatic rings. The summed E-state index contributed by atoms with van der Waals surface area (Å²) in [5, 5.41) is 3.01. The molecule has 0 bridgehead atoms. The summed E-state index contributed by atoms with van der Waals surface area (Å²) in [5.74, 6) is -0.873. The quantitative estimate of drug-likeness (QED) is 0.621. The number of halogens is 2. The van der Waals surface area contributed by atoms with Gasteiger partial charge in [0.1, 0.15) is 0 Å². The Balaban J connectivity index is 0.000000141. The average Bonchev–Trinajstić information content (AvgIpc) is 2.57. The third kappa shape index (κ3) is 3.53.